The summed E-state index contributed by atoms with van der Waals surface area (Å²) in [6.45, 7) is 0.371. The maximum atomic E-state index is 10.4. The first kappa shape index (κ1) is 14.2. The van der Waals surface area contributed by atoms with Crippen molar-refractivity contribution in [2.75, 3.05) is 23.8 Å². The van der Waals surface area contributed by atoms with Gasteiger partial charge in [-0.15, -0.1) is 0 Å². The Hall–Kier alpha value is -2.25. The van der Waals surface area contributed by atoms with Gasteiger partial charge in [0, 0.05) is 18.3 Å². The highest BCUT2D eigenvalue weighted by atomic mass is 35.5. The maximum Gasteiger partial charge on any atom is 0.212 e. The van der Waals surface area contributed by atoms with E-state index in [0.717, 1.165) is 0 Å². The Labute approximate surface area is 120 Å². The van der Waals surface area contributed by atoms with Crippen LogP contribution in [0.15, 0.2) is 24.7 Å². The topological polar surface area (TPSA) is 100 Å². The number of nitrogens with zero attached hydrogens (tertiary/aromatic N) is 3. The molecule has 0 radical (unpaired) electrons. The van der Waals surface area contributed by atoms with Gasteiger partial charge in [-0.2, -0.15) is 0 Å². The van der Waals surface area contributed by atoms with Crippen molar-refractivity contribution in [2.24, 2.45) is 0 Å². The van der Waals surface area contributed by atoms with Crippen molar-refractivity contribution in [3.63, 3.8) is 0 Å². The molecule has 0 unspecified atom stereocenters. The van der Waals surface area contributed by atoms with E-state index in [9.17, 15) is 4.79 Å². The maximum absolute atomic E-state index is 10.4. The molecule has 0 spiro atoms. The normalized spacial score (nSPS) is 10.1. The zero-order chi connectivity index (χ0) is 14.4. The highest BCUT2D eigenvalue weighted by molar-refractivity contribution is 6.33. The van der Waals surface area contributed by atoms with Gasteiger partial charge in [0.2, 0.25) is 6.41 Å². The summed E-state index contributed by atoms with van der Waals surface area (Å²) in [7, 11) is 0. The molecule has 7 nitrogen and oxygen atoms in total. The van der Waals surface area contributed by atoms with Gasteiger partial charge in [0.25, 0.3) is 0 Å². The molecule has 0 saturated heterocycles. The van der Waals surface area contributed by atoms with Crippen molar-refractivity contribution < 1.29 is 9.90 Å². The van der Waals surface area contributed by atoms with Crippen molar-refractivity contribution in [2.45, 2.75) is 0 Å². The summed E-state index contributed by atoms with van der Waals surface area (Å²) in [6, 6.07) is 1.61. The number of hydrogen-bond acceptors (Lipinski definition) is 6. The molecule has 0 aliphatic carbocycles. The number of halogens is 1. The van der Waals surface area contributed by atoms with Crippen molar-refractivity contribution in [3.05, 3.63) is 29.7 Å². The van der Waals surface area contributed by atoms with Crippen LogP contribution in [0.3, 0.4) is 0 Å². The van der Waals surface area contributed by atoms with Crippen LogP contribution in [0.2, 0.25) is 5.02 Å². The first-order valence-electron chi connectivity index (χ1n) is 5.77. The highest BCUT2D eigenvalue weighted by Crippen LogP contribution is 2.27. The first-order valence-corrected chi connectivity index (χ1v) is 6.15. The van der Waals surface area contributed by atoms with Crippen LogP contribution in [0.5, 0.6) is 0 Å². The Morgan fingerprint density at radius 2 is 2.15 bits per heavy atom. The van der Waals surface area contributed by atoms with Crippen molar-refractivity contribution in [1.29, 1.82) is 0 Å². The third kappa shape index (κ3) is 3.40. The van der Waals surface area contributed by atoms with Gasteiger partial charge in [-0.05, 0) is 6.07 Å². The van der Waals surface area contributed by atoms with Gasteiger partial charge in [0.1, 0.15) is 11.6 Å². The molecule has 2 heterocycles. The molecule has 3 N–H and O–H groups in total. The minimum absolute atomic E-state index is 0.00464. The van der Waals surface area contributed by atoms with E-state index in [0.29, 0.717) is 40.9 Å². The molecule has 8 heteroatoms. The molecule has 0 aliphatic rings. The van der Waals surface area contributed by atoms with Gasteiger partial charge in [0.05, 0.1) is 29.7 Å². The summed E-state index contributed by atoms with van der Waals surface area (Å²) >= 11 is 6.08. The number of hydrogen-bond donors (Lipinski definition) is 3. The number of aromatic nitrogens is 3. The number of amides is 1. The van der Waals surface area contributed by atoms with Crippen molar-refractivity contribution >= 4 is 29.6 Å². The lowest BCUT2D eigenvalue weighted by atomic mass is 10.2. The van der Waals surface area contributed by atoms with Crippen molar-refractivity contribution in [1.82, 2.24) is 15.0 Å². The van der Waals surface area contributed by atoms with Gasteiger partial charge >= 0.3 is 0 Å². The molecular formula is C12H12ClN5O2. The Kier molecular flexibility index (Phi) is 4.80. The van der Waals surface area contributed by atoms with E-state index in [1.54, 1.807) is 18.5 Å². The van der Waals surface area contributed by atoms with E-state index in [-0.39, 0.29) is 6.61 Å². The number of rotatable bonds is 6. The number of carbonyl (C=O) groups excluding carboxylic acids is 1. The predicted octanol–water partition coefficient (Wildman–Crippen LogP) is 1.16. The fraction of sp³-hybridized carbons (Fsp3) is 0.167. The number of aliphatic hydroxyl groups is 1. The van der Waals surface area contributed by atoms with Crippen LogP contribution >= 0.6 is 11.6 Å². The molecule has 2 aromatic rings. The SMILES string of the molecule is O=CNc1cc(-c2cncc(NCCO)n2)c(Cl)cn1. The predicted molar refractivity (Wildman–Crippen MR) is 75.5 cm³/mol. The number of nitrogens with one attached hydrogen (secondary N) is 2. The van der Waals surface area contributed by atoms with Crippen LogP contribution in [0.1, 0.15) is 0 Å². The third-order valence-electron chi connectivity index (χ3n) is 2.39. The minimum atomic E-state index is -0.00464. The number of anilines is 2. The molecule has 0 fully saturated rings. The molecule has 2 aromatic heterocycles. The van der Waals surface area contributed by atoms with Gasteiger partial charge in [-0.25, -0.2) is 9.97 Å². The zero-order valence-corrected chi connectivity index (χ0v) is 11.1. The van der Waals surface area contributed by atoms with Crippen molar-refractivity contribution in [3.8, 4) is 11.3 Å². The van der Waals surface area contributed by atoms with Gasteiger partial charge in [-0.3, -0.25) is 9.78 Å². The van der Waals surface area contributed by atoms with Gasteiger partial charge in [0.15, 0.2) is 0 Å². The quantitative estimate of drug-likeness (QED) is 0.691. The van der Waals surface area contributed by atoms with Crippen LogP contribution < -0.4 is 10.6 Å². The highest BCUT2D eigenvalue weighted by Gasteiger charge is 2.08. The van der Waals surface area contributed by atoms with Crippen LogP contribution in [0.25, 0.3) is 11.3 Å². The minimum Gasteiger partial charge on any atom is -0.395 e. The van der Waals surface area contributed by atoms with Gasteiger partial charge in [-0.1, -0.05) is 11.6 Å². The third-order valence-corrected chi connectivity index (χ3v) is 2.69. The van der Waals surface area contributed by atoms with E-state index in [2.05, 4.69) is 25.6 Å². The summed E-state index contributed by atoms with van der Waals surface area (Å²) in [5, 5.41) is 14.5. The lowest BCUT2D eigenvalue weighted by Gasteiger charge is -2.08. The average Bonchev–Trinajstić information content (AvgIpc) is 2.47. The molecule has 0 aliphatic heterocycles. The molecule has 0 atom stereocenters. The lowest BCUT2D eigenvalue weighted by Crippen LogP contribution is -2.07. The van der Waals surface area contributed by atoms with E-state index >= 15 is 0 Å². The molecule has 0 saturated carbocycles. The smallest absolute Gasteiger partial charge is 0.212 e. The Balaban J connectivity index is 2.34. The summed E-state index contributed by atoms with van der Waals surface area (Å²) in [4.78, 5) is 22.8. The van der Waals surface area contributed by atoms with Crippen LogP contribution in [0, 0.1) is 0 Å². The second-order valence-corrected chi connectivity index (χ2v) is 4.16. The average molecular weight is 294 g/mol. The fourth-order valence-corrected chi connectivity index (χ4v) is 1.74. The molecule has 0 bridgehead atoms. The number of aliphatic hydroxyl groups excluding tert-OH is 1. The second kappa shape index (κ2) is 6.78. The van der Waals surface area contributed by atoms with E-state index in [1.807, 2.05) is 0 Å². The van der Waals surface area contributed by atoms with E-state index < -0.39 is 0 Å². The van der Waals surface area contributed by atoms with Crippen LogP contribution in [-0.4, -0.2) is 39.6 Å². The van der Waals surface area contributed by atoms with Crippen LogP contribution in [0.4, 0.5) is 11.6 Å². The monoisotopic (exact) mass is 293 g/mol. The Bertz CT molecular complexity index is 608. The molecular weight excluding hydrogens is 282 g/mol. The summed E-state index contributed by atoms with van der Waals surface area (Å²) in [5.41, 5.74) is 1.14. The standard InChI is InChI=1S/C12H12ClN5O2/c13-9-4-16-11(17-7-20)3-8(9)10-5-14-6-12(18-10)15-1-2-19/h3-7,19H,1-2H2,(H,15,18)(H,16,17,20). The zero-order valence-electron chi connectivity index (χ0n) is 10.4. The van der Waals surface area contributed by atoms with Gasteiger partial charge < -0.3 is 15.7 Å². The summed E-state index contributed by atoms with van der Waals surface area (Å²) < 4.78 is 0. The molecule has 20 heavy (non-hydrogen) atoms. The molecule has 104 valence electrons. The summed E-state index contributed by atoms with van der Waals surface area (Å²) in [5.74, 6) is 0.893. The Morgan fingerprint density at radius 3 is 2.90 bits per heavy atom. The number of pyridine rings is 1. The first-order chi connectivity index (χ1) is 9.74. The molecule has 0 aromatic carbocycles. The van der Waals surface area contributed by atoms with E-state index in [4.69, 9.17) is 16.7 Å². The second-order valence-electron chi connectivity index (χ2n) is 3.75. The summed E-state index contributed by atoms with van der Waals surface area (Å²) in [6.07, 6.45) is 5.05. The lowest BCUT2D eigenvalue weighted by molar-refractivity contribution is -0.105. The molecule has 1 amide bonds. The Morgan fingerprint density at radius 1 is 1.30 bits per heavy atom. The fourth-order valence-electron chi connectivity index (χ4n) is 1.54. The largest absolute Gasteiger partial charge is 0.395 e. The molecule has 2 rings (SSSR count). The van der Waals surface area contributed by atoms with E-state index in [1.165, 1.54) is 6.20 Å². The van der Waals surface area contributed by atoms with Crippen LogP contribution in [-0.2, 0) is 4.79 Å². The number of carbonyl (C=O) groups is 1.